The summed E-state index contributed by atoms with van der Waals surface area (Å²) in [5.41, 5.74) is 0.837. The summed E-state index contributed by atoms with van der Waals surface area (Å²) in [6, 6.07) is 1.89. The first-order valence-corrected chi connectivity index (χ1v) is 6.85. The maximum absolute atomic E-state index is 12.5. The van der Waals surface area contributed by atoms with Crippen LogP contribution in [0, 0.1) is 17.8 Å². The molecule has 2 bridgehead atoms. The molecule has 2 aliphatic rings. The van der Waals surface area contributed by atoms with E-state index in [0.29, 0.717) is 17.6 Å². The predicted octanol–water partition coefficient (Wildman–Crippen LogP) is 2.91. The van der Waals surface area contributed by atoms with Gasteiger partial charge in [-0.2, -0.15) is 5.10 Å². The molecule has 3 heteroatoms. The maximum atomic E-state index is 12.5. The molecule has 2 aliphatic carbocycles. The summed E-state index contributed by atoms with van der Waals surface area (Å²) in [6.07, 6.45) is 7.82. The van der Waals surface area contributed by atoms with E-state index >= 15 is 0 Å². The molecule has 0 aliphatic heterocycles. The molecular weight excluding hydrogens is 212 g/mol. The fraction of sp³-hybridized carbons (Fsp3) is 0.714. The first kappa shape index (κ1) is 11.0. The molecule has 3 atom stereocenters. The Balaban J connectivity index is 1.79. The number of rotatable bonds is 4. The quantitative estimate of drug-likeness (QED) is 0.748. The molecule has 3 unspecified atom stereocenters. The minimum atomic E-state index is 0.293. The number of aromatic nitrogens is 2. The largest absolute Gasteiger partial charge is 0.292 e. The van der Waals surface area contributed by atoms with Crippen molar-refractivity contribution in [1.82, 2.24) is 9.78 Å². The fourth-order valence-electron chi connectivity index (χ4n) is 3.69. The zero-order valence-electron chi connectivity index (χ0n) is 10.4. The summed E-state index contributed by atoms with van der Waals surface area (Å²) in [6.45, 7) is 2.97. The average molecular weight is 232 g/mol. The Morgan fingerprint density at radius 3 is 3.00 bits per heavy atom. The van der Waals surface area contributed by atoms with Gasteiger partial charge in [0.25, 0.3) is 0 Å². The number of fused-ring (bicyclic) bond motifs is 2. The third kappa shape index (κ3) is 1.81. The number of carbonyl (C=O) groups excluding carboxylic acids is 1. The molecule has 0 aromatic carbocycles. The minimum absolute atomic E-state index is 0.293. The van der Waals surface area contributed by atoms with E-state index in [-0.39, 0.29) is 0 Å². The molecule has 0 radical (unpaired) electrons. The summed E-state index contributed by atoms with van der Waals surface area (Å²) >= 11 is 0. The number of nitrogens with zero attached hydrogens (tertiary/aromatic N) is 2. The number of aryl methyl sites for hydroxylation is 1. The van der Waals surface area contributed by atoms with Gasteiger partial charge >= 0.3 is 0 Å². The lowest BCUT2D eigenvalue weighted by molar-refractivity contribution is 0.0863. The standard InChI is InChI=1S/C14H20N2O/c1-2-7-16-13(5-6-15-16)14(17)12-9-10-3-4-11(12)8-10/h5-6,10-12H,2-4,7-9H2,1H3. The van der Waals surface area contributed by atoms with Crippen LogP contribution in [0.25, 0.3) is 0 Å². The van der Waals surface area contributed by atoms with Crippen LogP contribution in [0.3, 0.4) is 0 Å². The Morgan fingerprint density at radius 2 is 2.35 bits per heavy atom. The topological polar surface area (TPSA) is 34.9 Å². The minimum Gasteiger partial charge on any atom is -0.292 e. The molecule has 92 valence electrons. The summed E-state index contributed by atoms with van der Waals surface area (Å²) < 4.78 is 1.88. The normalized spacial score (nSPS) is 31.0. The van der Waals surface area contributed by atoms with Crippen molar-refractivity contribution in [2.24, 2.45) is 17.8 Å². The van der Waals surface area contributed by atoms with Crippen LogP contribution in [0.2, 0.25) is 0 Å². The lowest BCUT2D eigenvalue weighted by atomic mass is 9.84. The van der Waals surface area contributed by atoms with Crippen LogP contribution < -0.4 is 0 Å². The number of Topliss-reactive ketones (excluding diaryl/α,β-unsaturated/α-hetero) is 1. The van der Waals surface area contributed by atoms with Crippen molar-refractivity contribution in [3.05, 3.63) is 18.0 Å². The Morgan fingerprint density at radius 1 is 1.47 bits per heavy atom. The Labute approximate surface area is 102 Å². The molecule has 0 amide bonds. The van der Waals surface area contributed by atoms with Crippen molar-refractivity contribution in [3.8, 4) is 0 Å². The van der Waals surface area contributed by atoms with Crippen molar-refractivity contribution in [1.29, 1.82) is 0 Å². The molecule has 2 saturated carbocycles. The van der Waals surface area contributed by atoms with Crippen LogP contribution in [0.1, 0.15) is 49.5 Å². The molecule has 3 nitrogen and oxygen atoms in total. The molecule has 2 fully saturated rings. The van der Waals surface area contributed by atoms with Gasteiger partial charge in [-0.15, -0.1) is 0 Å². The van der Waals surface area contributed by atoms with Crippen molar-refractivity contribution >= 4 is 5.78 Å². The lowest BCUT2D eigenvalue weighted by Gasteiger charge is -2.20. The molecule has 1 aromatic rings. The zero-order chi connectivity index (χ0) is 11.8. The van der Waals surface area contributed by atoms with Crippen molar-refractivity contribution in [2.75, 3.05) is 0 Å². The monoisotopic (exact) mass is 232 g/mol. The third-order valence-corrected chi connectivity index (χ3v) is 4.48. The van der Waals surface area contributed by atoms with E-state index in [0.717, 1.165) is 31.0 Å². The van der Waals surface area contributed by atoms with E-state index in [4.69, 9.17) is 0 Å². The van der Waals surface area contributed by atoms with Crippen LogP contribution in [-0.4, -0.2) is 15.6 Å². The lowest BCUT2D eigenvalue weighted by Crippen LogP contribution is -2.23. The van der Waals surface area contributed by atoms with Gasteiger partial charge in [0.05, 0.1) is 0 Å². The fourth-order valence-corrected chi connectivity index (χ4v) is 3.69. The molecule has 3 rings (SSSR count). The maximum Gasteiger partial charge on any atom is 0.184 e. The number of ketones is 1. The van der Waals surface area contributed by atoms with Crippen LogP contribution in [0.5, 0.6) is 0 Å². The highest BCUT2D eigenvalue weighted by Gasteiger charge is 2.43. The molecule has 0 saturated heterocycles. The van der Waals surface area contributed by atoms with Crippen molar-refractivity contribution in [3.63, 3.8) is 0 Å². The smallest absolute Gasteiger partial charge is 0.184 e. The van der Waals surface area contributed by atoms with Crippen molar-refractivity contribution in [2.45, 2.75) is 45.6 Å². The third-order valence-electron chi connectivity index (χ3n) is 4.48. The Hall–Kier alpha value is -1.12. The molecule has 17 heavy (non-hydrogen) atoms. The van der Waals surface area contributed by atoms with Crippen LogP contribution in [-0.2, 0) is 6.54 Å². The Bertz CT molecular complexity index is 424. The molecule has 1 heterocycles. The van der Waals surface area contributed by atoms with Gasteiger partial charge in [-0.1, -0.05) is 13.3 Å². The second-order valence-electron chi connectivity index (χ2n) is 5.59. The van der Waals surface area contributed by atoms with Gasteiger partial charge < -0.3 is 0 Å². The summed E-state index contributed by atoms with van der Waals surface area (Å²) in [5, 5.41) is 4.26. The highest BCUT2D eigenvalue weighted by Crippen LogP contribution is 2.49. The van der Waals surface area contributed by atoms with E-state index in [1.54, 1.807) is 6.20 Å². The van der Waals surface area contributed by atoms with E-state index < -0.39 is 0 Å². The van der Waals surface area contributed by atoms with Crippen molar-refractivity contribution < 1.29 is 4.79 Å². The highest BCUT2D eigenvalue weighted by atomic mass is 16.1. The van der Waals surface area contributed by atoms with Gasteiger partial charge in [0, 0.05) is 18.7 Å². The molecule has 1 aromatic heterocycles. The Kier molecular flexibility index (Phi) is 2.77. The second kappa shape index (κ2) is 4.28. The van der Waals surface area contributed by atoms with Crippen LogP contribution >= 0.6 is 0 Å². The predicted molar refractivity (Wildman–Crippen MR) is 65.8 cm³/mol. The van der Waals surface area contributed by atoms with Gasteiger partial charge in [0.15, 0.2) is 5.78 Å². The van der Waals surface area contributed by atoms with E-state index in [1.807, 2.05) is 10.7 Å². The first-order valence-electron chi connectivity index (χ1n) is 6.85. The molecule has 0 spiro atoms. The summed E-state index contributed by atoms with van der Waals surface area (Å²) in [4.78, 5) is 12.5. The first-order chi connectivity index (χ1) is 8.29. The number of hydrogen-bond acceptors (Lipinski definition) is 2. The van der Waals surface area contributed by atoms with Crippen LogP contribution in [0.15, 0.2) is 12.3 Å². The molecular formula is C14H20N2O. The van der Waals surface area contributed by atoms with Gasteiger partial charge in [0.2, 0.25) is 0 Å². The molecule has 0 N–H and O–H groups in total. The van der Waals surface area contributed by atoms with Gasteiger partial charge in [0.1, 0.15) is 5.69 Å². The van der Waals surface area contributed by atoms with Gasteiger partial charge in [-0.3, -0.25) is 9.48 Å². The van der Waals surface area contributed by atoms with E-state index in [1.165, 1.54) is 19.3 Å². The highest BCUT2D eigenvalue weighted by molar-refractivity contribution is 5.96. The SMILES string of the molecule is CCCn1nccc1C(=O)C1CC2CCC1C2. The van der Waals surface area contributed by atoms with Gasteiger partial charge in [-0.05, 0) is 43.6 Å². The van der Waals surface area contributed by atoms with Gasteiger partial charge in [-0.25, -0.2) is 0 Å². The summed E-state index contributed by atoms with van der Waals surface area (Å²) in [5.74, 6) is 2.14. The number of carbonyl (C=O) groups is 1. The van der Waals surface area contributed by atoms with E-state index in [2.05, 4.69) is 12.0 Å². The number of hydrogen-bond donors (Lipinski definition) is 0. The van der Waals surface area contributed by atoms with E-state index in [9.17, 15) is 4.79 Å². The second-order valence-corrected chi connectivity index (χ2v) is 5.59. The van der Waals surface area contributed by atoms with Crippen LogP contribution in [0.4, 0.5) is 0 Å². The average Bonchev–Trinajstić information content (AvgIpc) is 3.03. The zero-order valence-corrected chi connectivity index (χ0v) is 10.4. The summed E-state index contributed by atoms with van der Waals surface area (Å²) in [7, 11) is 0.